The van der Waals surface area contributed by atoms with Gasteiger partial charge in [-0.3, -0.25) is 14.9 Å². The Kier molecular flexibility index (Phi) is 7.68. The number of piperazine rings is 1. The van der Waals surface area contributed by atoms with Crippen LogP contribution in [0.2, 0.25) is 5.02 Å². The van der Waals surface area contributed by atoms with Crippen molar-refractivity contribution in [2.24, 2.45) is 0 Å². The summed E-state index contributed by atoms with van der Waals surface area (Å²) < 4.78 is 0. The number of thiocarbonyl (C=S) groups is 1. The van der Waals surface area contributed by atoms with Gasteiger partial charge in [0.05, 0.1) is 10.6 Å². The third-order valence-corrected chi connectivity index (χ3v) is 6.55. The third kappa shape index (κ3) is 5.99. The molecule has 1 aliphatic rings. The van der Waals surface area contributed by atoms with Crippen molar-refractivity contribution in [3.63, 3.8) is 0 Å². The van der Waals surface area contributed by atoms with E-state index in [-0.39, 0.29) is 16.9 Å². The molecule has 2 amide bonds. The summed E-state index contributed by atoms with van der Waals surface area (Å²) >= 11 is 11.5. The summed E-state index contributed by atoms with van der Waals surface area (Å²) in [6, 6.07) is 20.8. The summed E-state index contributed by atoms with van der Waals surface area (Å²) in [5, 5.41) is 6.28. The molecule has 35 heavy (non-hydrogen) atoms. The van der Waals surface area contributed by atoms with Gasteiger partial charge in [0.15, 0.2) is 5.11 Å². The summed E-state index contributed by atoms with van der Waals surface area (Å²) in [5.41, 5.74) is 4.95. The second-order valence-corrected chi connectivity index (χ2v) is 9.35. The van der Waals surface area contributed by atoms with Crippen molar-refractivity contribution in [3.8, 4) is 0 Å². The Morgan fingerprint density at radius 1 is 0.886 bits per heavy atom. The van der Waals surface area contributed by atoms with Gasteiger partial charge in [-0.25, -0.2) is 0 Å². The van der Waals surface area contributed by atoms with Crippen LogP contribution in [0.4, 0.5) is 11.4 Å². The number of hydrogen-bond donors (Lipinski definition) is 2. The Bertz CT molecular complexity index is 1250. The minimum Gasteiger partial charge on any atom is -0.368 e. The van der Waals surface area contributed by atoms with Gasteiger partial charge in [-0.15, -0.1) is 0 Å². The van der Waals surface area contributed by atoms with Crippen molar-refractivity contribution < 1.29 is 9.59 Å². The monoisotopic (exact) mass is 506 g/mol. The minimum absolute atomic E-state index is 0.0878. The number of benzene rings is 3. The van der Waals surface area contributed by atoms with Gasteiger partial charge in [0, 0.05) is 43.1 Å². The molecule has 8 heteroatoms. The molecule has 0 radical (unpaired) electrons. The first-order valence-electron chi connectivity index (χ1n) is 11.4. The lowest BCUT2D eigenvalue weighted by atomic mass is 10.1. The highest BCUT2D eigenvalue weighted by Crippen LogP contribution is 2.21. The Hall–Kier alpha value is -3.42. The van der Waals surface area contributed by atoms with E-state index in [2.05, 4.69) is 15.5 Å². The van der Waals surface area contributed by atoms with Crippen LogP contribution in [0.1, 0.15) is 31.8 Å². The highest BCUT2D eigenvalue weighted by Gasteiger charge is 2.23. The molecule has 0 atom stereocenters. The predicted molar refractivity (Wildman–Crippen MR) is 146 cm³/mol. The molecule has 4 rings (SSSR count). The fourth-order valence-corrected chi connectivity index (χ4v) is 4.58. The van der Waals surface area contributed by atoms with Gasteiger partial charge in [0.25, 0.3) is 11.8 Å². The number of carbonyl (C=O) groups is 2. The summed E-state index contributed by atoms with van der Waals surface area (Å²) in [6.45, 7) is 6.74. The smallest absolute Gasteiger partial charge is 0.258 e. The van der Waals surface area contributed by atoms with E-state index in [1.807, 2.05) is 73.3 Å². The largest absolute Gasteiger partial charge is 0.368 e. The number of aryl methyl sites for hydroxylation is 2. The second-order valence-electron chi connectivity index (χ2n) is 8.53. The number of anilines is 2. The molecule has 0 saturated carbocycles. The zero-order valence-electron chi connectivity index (χ0n) is 19.7. The summed E-state index contributed by atoms with van der Waals surface area (Å²) in [5.74, 6) is -0.271. The zero-order valence-corrected chi connectivity index (χ0v) is 21.2. The van der Waals surface area contributed by atoms with E-state index in [1.165, 1.54) is 0 Å². The zero-order chi connectivity index (χ0) is 24.9. The fraction of sp³-hybridized carbons (Fsp3) is 0.222. The van der Waals surface area contributed by atoms with E-state index in [9.17, 15) is 9.59 Å². The predicted octanol–water partition coefficient (Wildman–Crippen LogP) is 5.05. The Labute approximate surface area is 215 Å². The number of nitrogens with one attached hydrogen (secondary N) is 2. The molecule has 0 bridgehead atoms. The molecule has 0 unspecified atom stereocenters. The molecule has 2 N–H and O–H groups in total. The summed E-state index contributed by atoms with van der Waals surface area (Å²) in [6.07, 6.45) is 0. The number of carbonyl (C=O) groups excluding carboxylic acids is 2. The molecule has 180 valence electrons. The summed E-state index contributed by atoms with van der Waals surface area (Å²) in [4.78, 5) is 29.5. The van der Waals surface area contributed by atoms with Crippen molar-refractivity contribution in [2.75, 3.05) is 36.4 Å². The molecular formula is C27H27ClN4O2S. The number of halogens is 1. The van der Waals surface area contributed by atoms with Gasteiger partial charge in [-0.05, 0) is 79.7 Å². The molecule has 3 aromatic rings. The number of rotatable bonds is 4. The number of amides is 2. The molecule has 1 heterocycles. The molecule has 1 fully saturated rings. The van der Waals surface area contributed by atoms with Gasteiger partial charge in [-0.1, -0.05) is 35.9 Å². The normalized spacial score (nSPS) is 13.3. The van der Waals surface area contributed by atoms with E-state index >= 15 is 0 Å². The van der Waals surface area contributed by atoms with Gasteiger partial charge in [-0.2, -0.15) is 0 Å². The van der Waals surface area contributed by atoms with Crippen LogP contribution in [0.3, 0.4) is 0 Å². The second kappa shape index (κ2) is 10.9. The first kappa shape index (κ1) is 24.7. The Balaban J connectivity index is 1.30. The Morgan fingerprint density at radius 3 is 2.23 bits per heavy atom. The first-order chi connectivity index (χ1) is 16.8. The number of nitrogens with zero attached hydrogens (tertiary/aromatic N) is 2. The highest BCUT2D eigenvalue weighted by atomic mass is 35.5. The maximum Gasteiger partial charge on any atom is 0.258 e. The molecule has 1 aliphatic heterocycles. The lowest BCUT2D eigenvalue weighted by Crippen LogP contribution is -2.48. The van der Waals surface area contributed by atoms with Crippen molar-refractivity contribution >= 4 is 52.1 Å². The molecule has 0 aliphatic carbocycles. The van der Waals surface area contributed by atoms with Gasteiger partial charge >= 0.3 is 0 Å². The van der Waals surface area contributed by atoms with Crippen LogP contribution in [-0.2, 0) is 0 Å². The first-order valence-corrected chi connectivity index (χ1v) is 12.2. The topological polar surface area (TPSA) is 64.7 Å². The van der Waals surface area contributed by atoms with Gasteiger partial charge in [0.1, 0.15) is 0 Å². The van der Waals surface area contributed by atoms with Crippen LogP contribution in [0.25, 0.3) is 0 Å². The van der Waals surface area contributed by atoms with Crippen LogP contribution in [0, 0.1) is 13.8 Å². The summed E-state index contributed by atoms with van der Waals surface area (Å²) in [7, 11) is 0. The maximum atomic E-state index is 12.9. The Morgan fingerprint density at radius 2 is 1.57 bits per heavy atom. The van der Waals surface area contributed by atoms with Crippen LogP contribution in [-0.4, -0.2) is 48.0 Å². The van der Waals surface area contributed by atoms with E-state index in [4.69, 9.17) is 23.8 Å². The third-order valence-electron chi connectivity index (χ3n) is 6.03. The average molecular weight is 507 g/mol. The van der Waals surface area contributed by atoms with E-state index in [1.54, 1.807) is 12.1 Å². The lowest BCUT2D eigenvalue weighted by Gasteiger charge is -2.36. The lowest BCUT2D eigenvalue weighted by molar-refractivity contribution is 0.0746. The van der Waals surface area contributed by atoms with Gasteiger partial charge < -0.3 is 15.1 Å². The fourth-order valence-electron chi connectivity index (χ4n) is 4.04. The van der Waals surface area contributed by atoms with Crippen LogP contribution in [0.15, 0.2) is 66.7 Å². The van der Waals surface area contributed by atoms with Crippen molar-refractivity contribution in [3.05, 3.63) is 94.0 Å². The van der Waals surface area contributed by atoms with Crippen molar-refractivity contribution in [1.82, 2.24) is 10.2 Å². The minimum atomic E-state index is -0.359. The van der Waals surface area contributed by atoms with Crippen LogP contribution in [0.5, 0.6) is 0 Å². The molecule has 0 spiro atoms. The van der Waals surface area contributed by atoms with Crippen LogP contribution >= 0.6 is 23.8 Å². The van der Waals surface area contributed by atoms with E-state index in [0.29, 0.717) is 23.7 Å². The van der Waals surface area contributed by atoms with E-state index in [0.717, 1.165) is 41.2 Å². The standard InChI is InChI=1S/C27H27ClN4O2S/c1-18-7-12-23(24(28)17-18)25(33)30-27(35)29-20-8-10-21(11-9-20)31-13-15-32(16-14-31)26(34)22-6-4-3-5-19(22)2/h3-12,17H,13-16H2,1-2H3,(H2,29,30,33,35). The van der Waals surface area contributed by atoms with Gasteiger partial charge in [0.2, 0.25) is 0 Å². The van der Waals surface area contributed by atoms with Crippen LogP contribution < -0.4 is 15.5 Å². The molecular weight excluding hydrogens is 480 g/mol. The SMILES string of the molecule is Cc1ccc(C(=O)NC(=S)Nc2ccc(N3CCN(C(=O)c4ccccc4C)CC3)cc2)c(Cl)c1. The maximum absolute atomic E-state index is 12.9. The number of hydrogen-bond acceptors (Lipinski definition) is 4. The molecule has 0 aromatic heterocycles. The van der Waals surface area contributed by atoms with Crippen molar-refractivity contribution in [1.29, 1.82) is 0 Å². The molecule has 3 aromatic carbocycles. The quantitative estimate of drug-likeness (QED) is 0.485. The average Bonchev–Trinajstić information content (AvgIpc) is 2.84. The molecule has 1 saturated heterocycles. The molecule has 6 nitrogen and oxygen atoms in total. The van der Waals surface area contributed by atoms with E-state index < -0.39 is 0 Å². The van der Waals surface area contributed by atoms with Crippen molar-refractivity contribution in [2.45, 2.75) is 13.8 Å². The highest BCUT2D eigenvalue weighted by molar-refractivity contribution is 7.80.